The lowest BCUT2D eigenvalue weighted by Crippen LogP contribution is -2.40. The van der Waals surface area contributed by atoms with Gasteiger partial charge in [0, 0.05) is 12.1 Å². The van der Waals surface area contributed by atoms with Gasteiger partial charge < -0.3 is 10.4 Å². The van der Waals surface area contributed by atoms with Gasteiger partial charge in [-0.2, -0.15) is 0 Å². The second kappa shape index (κ2) is 4.97. The highest BCUT2D eigenvalue weighted by molar-refractivity contribution is 4.85. The predicted molar refractivity (Wildman–Crippen MR) is 55.7 cm³/mol. The van der Waals surface area contributed by atoms with Crippen LogP contribution in [0.5, 0.6) is 0 Å². The summed E-state index contributed by atoms with van der Waals surface area (Å²) in [5, 5.41) is 12.7. The van der Waals surface area contributed by atoms with Crippen LogP contribution < -0.4 is 5.32 Å². The van der Waals surface area contributed by atoms with E-state index in [2.05, 4.69) is 26.1 Å². The van der Waals surface area contributed by atoms with Gasteiger partial charge in [-0.05, 0) is 38.0 Å². The number of rotatable bonds is 6. The molecule has 1 aliphatic carbocycles. The van der Waals surface area contributed by atoms with Crippen LogP contribution in [0.15, 0.2) is 0 Å². The summed E-state index contributed by atoms with van der Waals surface area (Å²) in [6.45, 7) is 6.91. The lowest BCUT2D eigenvalue weighted by atomic mass is 10.0. The van der Waals surface area contributed by atoms with E-state index in [1.54, 1.807) is 0 Å². The van der Waals surface area contributed by atoms with Gasteiger partial charge in [0.1, 0.15) is 0 Å². The predicted octanol–water partition coefficient (Wildman–Crippen LogP) is 1.78. The van der Waals surface area contributed by atoms with Crippen LogP contribution >= 0.6 is 0 Å². The van der Waals surface area contributed by atoms with Gasteiger partial charge in [-0.25, -0.2) is 0 Å². The number of hydrogen-bond acceptors (Lipinski definition) is 2. The third kappa shape index (κ3) is 4.10. The van der Waals surface area contributed by atoms with Gasteiger partial charge in [-0.1, -0.05) is 13.8 Å². The van der Waals surface area contributed by atoms with E-state index in [4.69, 9.17) is 5.11 Å². The van der Waals surface area contributed by atoms with Crippen molar-refractivity contribution in [2.24, 2.45) is 11.8 Å². The zero-order chi connectivity index (χ0) is 9.84. The van der Waals surface area contributed by atoms with Crippen LogP contribution in [0, 0.1) is 11.8 Å². The van der Waals surface area contributed by atoms with Gasteiger partial charge in [0.15, 0.2) is 0 Å². The van der Waals surface area contributed by atoms with E-state index in [-0.39, 0.29) is 6.61 Å². The van der Waals surface area contributed by atoms with E-state index >= 15 is 0 Å². The highest BCUT2D eigenvalue weighted by atomic mass is 16.3. The minimum Gasteiger partial charge on any atom is -0.395 e. The molecule has 0 aromatic rings. The Balaban J connectivity index is 2.21. The van der Waals surface area contributed by atoms with Crippen LogP contribution in [0.2, 0.25) is 0 Å². The van der Waals surface area contributed by atoms with Gasteiger partial charge in [0.25, 0.3) is 0 Å². The van der Waals surface area contributed by atoms with E-state index in [1.807, 2.05) is 0 Å². The molecular weight excluding hydrogens is 162 g/mol. The SMILES string of the molecule is CC(C)C[C@@H](CO)N[C@H](C)C1CC1. The average Bonchev–Trinajstić information content (AvgIpc) is 2.84. The third-order valence-corrected chi connectivity index (χ3v) is 2.80. The first kappa shape index (κ1) is 11.0. The minimum atomic E-state index is 0.273. The average molecular weight is 185 g/mol. The first-order valence-electron chi connectivity index (χ1n) is 5.50. The van der Waals surface area contributed by atoms with Crippen LogP contribution in [0.25, 0.3) is 0 Å². The number of hydrogen-bond donors (Lipinski definition) is 2. The number of nitrogens with one attached hydrogen (secondary N) is 1. The summed E-state index contributed by atoms with van der Waals surface area (Å²) in [6.07, 6.45) is 3.82. The minimum absolute atomic E-state index is 0.273. The maximum atomic E-state index is 9.16. The van der Waals surface area contributed by atoms with E-state index in [0.29, 0.717) is 18.0 Å². The van der Waals surface area contributed by atoms with Crippen LogP contribution in [0.1, 0.15) is 40.0 Å². The van der Waals surface area contributed by atoms with Crippen molar-refractivity contribution in [2.75, 3.05) is 6.61 Å². The monoisotopic (exact) mass is 185 g/mol. The van der Waals surface area contributed by atoms with Crippen LogP contribution in [-0.4, -0.2) is 23.8 Å². The Morgan fingerprint density at radius 3 is 2.31 bits per heavy atom. The molecule has 0 radical (unpaired) electrons. The van der Waals surface area contributed by atoms with Crippen molar-refractivity contribution in [3.05, 3.63) is 0 Å². The van der Waals surface area contributed by atoms with Crippen LogP contribution in [0.3, 0.4) is 0 Å². The lowest BCUT2D eigenvalue weighted by Gasteiger charge is -2.22. The molecule has 0 bridgehead atoms. The molecule has 0 spiro atoms. The van der Waals surface area contributed by atoms with Gasteiger partial charge in [-0.15, -0.1) is 0 Å². The fourth-order valence-electron chi connectivity index (χ4n) is 1.87. The molecule has 1 aliphatic rings. The molecule has 0 aromatic carbocycles. The zero-order valence-electron chi connectivity index (χ0n) is 9.09. The highest BCUT2D eigenvalue weighted by Gasteiger charge is 2.29. The standard InChI is InChI=1S/C11H23NO/c1-8(2)6-11(7-13)12-9(3)10-4-5-10/h8-13H,4-7H2,1-3H3/t9-,11+/m1/s1. The topological polar surface area (TPSA) is 32.3 Å². The molecule has 1 saturated carbocycles. The fraction of sp³-hybridized carbons (Fsp3) is 1.00. The van der Waals surface area contributed by atoms with Crippen LogP contribution in [0.4, 0.5) is 0 Å². The molecule has 2 heteroatoms. The lowest BCUT2D eigenvalue weighted by molar-refractivity contribution is 0.211. The van der Waals surface area contributed by atoms with Crippen molar-refractivity contribution < 1.29 is 5.11 Å². The Morgan fingerprint density at radius 2 is 1.92 bits per heavy atom. The molecule has 1 fully saturated rings. The van der Waals surface area contributed by atoms with E-state index < -0.39 is 0 Å². The Labute approximate surface area is 81.7 Å². The molecule has 0 unspecified atom stereocenters. The molecular formula is C11H23NO. The highest BCUT2D eigenvalue weighted by Crippen LogP contribution is 2.32. The van der Waals surface area contributed by atoms with E-state index in [9.17, 15) is 0 Å². The van der Waals surface area contributed by atoms with Crippen molar-refractivity contribution >= 4 is 0 Å². The third-order valence-electron chi connectivity index (χ3n) is 2.80. The molecule has 13 heavy (non-hydrogen) atoms. The van der Waals surface area contributed by atoms with Crippen molar-refractivity contribution in [3.63, 3.8) is 0 Å². The first-order valence-corrected chi connectivity index (χ1v) is 5.50. The summed E-state index contributed by atoms with van der Waals surface area (Å²) in [6, 6.07) is 0.895. The molecule has 2 nitrogen and oxygen atoms in total. The molecule has 0 heterocycles. The molecule has 1 rings (SSSR count). The first-order chi connectivity index (χ1) is 6.13. The van der Waals surface area contributed by atoms with E-state index in [0.717, 1.165) is 12.3 Å². The number of aliphatic hydroxyl groups is 1. The summed E-state index contributed by atoms with van der Waals surface area (Å²) >= 11 is 0. The normalized spacial score (nSPS) is 21.9. The summed E-state index contributed by atoms with van der Waals surface area (Å²) in [7, 11) is 0. The maximum Gasteiger partial charge on any atom is 0.0584 e. The molecule has 0 amide bonds. The van der Waals surface area contributed by atoms with Gasteiger partial charge in [0.2, 0.25) is 0 Å². The van der Waals surface area contributed by atoms with Crippen molar-refractivity contribution in [2.45, 2.75) is 52.1 Å². The Hall–Kier alpha value is -0.0800. The van der Waals surface area contributed by atoms with Crippen molar-refractivity contribution in [1.82, 2.24) is 5.32 Å². The zero-order valence-corrected chi connectivity index (χ0v) is 9.09. The summed E-state index contributed by atoms with van der Waals surface area (Å²) in [5.74, 6) is 1.54. The maximum absolute atomic E-state index is 9.16. The summed E-state index contributed by atoms with van der Waals surface area (Å²) in [5.41, 5.74) is 0. The van der Waals surface area contributed by atoms with E-state index in [1.165, 1.54) is 12.8 Å². The molecule has 2 atom stereocenters. The quantitative estimate of drug-likeness (QED) is 0.661. The largest absolute Gasteiger partial charge is 0.395 e. The Kier molecular flexibility index (Phi) is 4.20. The smallest absolute Gasteiger partial charge is 0.0584 e. The summed E-state index contributed by atoms with van der Waals surface area (Å²) < 4.78 is 0. The molecule has 0 saturated heterocycles. The Bertz CT molecular complexity index is 143. The van der Waals surface area contributed by atoms with Gasteiger partial charge in [0.05, 0.1) is 6.61 Å². The number of aliphatic hydroxyl groups excluding tert-OH is 1. The molecule has 2 N–H and O–H groups in total. The second-order valence-electron chi connectivity index (χ2n) is 4.80. The molecule has 0 aromatic heterocycles. The fourth-order valence-corrected chi connectivity index (χ4v) is 1.87. The Morgan fingerprint density at radius 1 is 1.31 bits per heavy atom. The second-order valence-corrected chi connectivity index (χ2v) is 4.80. The van der Waals surface area contributed by atoms with Gasteiger partial charge >= 0.3 is 0 Å². The van der Waals surface area contributed by atoms with Crippen LogP contribution in [-0.2, 0) is 0 Å². The molecule has 78 valence electrons. The van der Waals surface area contributed by atoms with Gasteiger partial charge in [-0.3, -0.25) is 0 Å². The molecule has 0 aliphatic heterocycles. The van der Waals surface area contributed by atoms with Crippen molar-refractivity contribution in [3.8, 4) is 0 Å². The van der Waals surface area contributed by atoms with Crippen molar-refractivity contribution in [1.29, 1.82) is 0 Å². The summed E-state index contributed by atoms with van der Waals surface area (Å²) in [4.78, 5) is 0.